The topological polar surface area (TPSA) is 12.0 Å². The van der Waals surface area contributed by atoms with E-state index >= 15 is 0 Å². The molecule has 0 fully saturated rings. The van der Waals surface area contributed by atoms with Gasteiger partial charge in [-0.25, -0.2) is 0 Å². The van der Waals surface area contributed by atoms with Crippen LogP contribution in [0.15, 0.2) is 18.2 Å². The second kappa shape index (κ2) is 7.37. The van der Waals surface area contributed by atoms with Crippen molar-refractivity contribution < 1.29 is 0 Å². The van der Waals surface area contributed by atoms with Gasteiger partial charge in [0.25, 0.3) is 0 Å². The van der Waals surface area contributed by atoms with Crippen molar-refractivity contribution in [2.75, 3.05) is 13.1 Å². The van der Waals surface area contributed by atoms with Crippen molar-refractivity contribution in [1.82, 2.24) is 5.32 Å². The average molecular weight is 288 g/mol. The zero-order chi connectivity index (χ0) is 13.6. The maximum absolute atomic E-state index is 6.24. The summed E-state index contributed by atoms with van der Waals surface area (Å²) in [4.78, 5) is 0. The van der Waals surface area contributed by atoms with E-state index < -0.39 is 0 Å². The Morgan fingerprint density at radius 1 is 1.17 bits per heavy atom. The minimum absolute atomic E-state index is 0.231. The van der Waals surface area contributed by atoms with E-state index in [-0.39, 0.29) is 5.41 Å². The van der Waals surface area contributed by atoms with Crippen molar-refractivity contribution in [3.8, 4) is 0 Å². The molecular formula is C15H23Cl2N. The molecule has 0 saturated carbocycles. The summed E-state index contributed by atoms with van der Waals surface area (Å²) in [5.74, 6) is 0. The lowest BCUT2D eigenvalue weighted by Gasteiger charge is -2.25. The van der Waals surface area contributed by atoms with Gasteiger partial charge in [0.1, 0.15) is 0 Å². The van der Waals surface area contributed by atoms with Gasteiger partial charge >= 0.3 is 0 Å². The third kappa shape index (κ3) is 5.17. The van der Waals surface area contributed by atoms with Gasteiger partial charge in [-0.3, -0.25) is 0 Å². The Kier molecular flexibility index (Phi) is 6.48. The van der Waals surface area contributed by atoms with Crippen LogP contribution in [0.1, 0.15) is 39.2 Å². The Morgan fingerprint density at radius 3 is 2.56 bits per heavy atom. The highest BCUT2D eigenvalue weighted by molar-refractivity contribution is 6.42. The van der Waals surface area contributed by atoms with Crippen molar-refractivity contribution in [3.05, 3.63) is 33.8 Å². The molecule has 0 bridgehead atoms. The smallest absolute Gasteiger partial charge is 0.0624 e. The van der Waals surface area contributed by atoms with Gasteiger partial charge in [0, 0.05) is 0 Å². The Balaban J connectivity index is 2.56. The summed E-state index contributed by atoms with van der Waals surface area (Å²) in [6.45, 7) is 8.88. The van der Waals surface area contributed by atoms with Crippen LogP contribution in [0.2, 0.25) is 10.0 Å². The first-order valence-electron chi connectivity index (χ1n) is 6.60. The van der Waals surface area contributed by atoms with E-state index in [2.05, 4.69) is 32.2 Å². The minimum Gasteiger partial charge on any atom is -0.317 e. The SMILES string of the molecule is CCCNCCC(C)(C)Cc1cccc(Cl)c1Cl. The van der Waals surface area contributed by atoms with Crippen LogP contribution in [0.3, 0.4) is 0 Å². The first-order valence-corrected chi connectivity index (χ1v) is 7.35. The molecule has 0 spiro atoms. The van der Waals surface area contributed by atoms with Gasteiger partial charge in [-0.15, -0.1) is 0 Å². The Hall–Kier alpha value is -0.240. The summed E-state index contributed by atoms with van der Waals surface area (Å²) in [5.41, 5.74) is 1.37. The highest BCUT2D eigenvalue weighted by Gasteiger charge is 2.20. The van der Waals surface area contributed by atoms with Gasteiger partial charge < -0.3 is 5.32 Å². The van der Waals surface area contributed by atoms with E-state index in [9.17, 15) is 0 Å². The van der Waals surface area contributed by atoms with Crippen LogP contribution in [0, 0.1) is 5.41 Å². The fraction of sp³-hybridized carbons (Fsp3) is 0.600. The first kappa shape index (κ1) is 15.8. The van der Waals surface area contributed by atoms with E-state index in [1.54, 1.807) is 0 Å². The summed E-state index contributed by atoms with van der Waals surface area (Å²) >= 11 is 12.3. The molecule has 18 heavy (non-hydrogen) atoms. The second-order valence-corrected chi connectivity index (χ2v) is 6.34. The third-order valence-electron chi connectivity index (χ3n) is 3.11. The van der Waals surface area contributed by atoms with Gasteiger partial charge in [0.15, 0.2) is 0 Å². The lowest BCUT2D eigenvalue weighted by atomic mass is 9.82. The van der Waals surface area contributed by atoms with E-state index in [0.717, 1.165) is 31.5 Å². The van der Waals surface area contributed by atoms with Crippen LogP contribution in [-0.4, -0.2) is 13.1 Å². The summed E-state index contributed by atoms with van der Waals surface area (Å²) in [6.07, 6.45) is 3.27. The average Bonchev–Trinajstić information content (AvgIpc) is 2.31. The van der Waals surface area contributed by atoms with Crippen LogP contribution in [0.25, 0.3) is 0 Å². The lowest BCUT2D eigenvalue weighted by molar-refractivity contribution is 0.326. The van der Waals surface area contributed by atoms with Crippen molar-refractivity contribution >= 4 is 23.2 Å². The van der Waals surface area contributed by atoms with Crippen LogP contribution in [0.5, 0.6) is 0 Å². The molecule has 0 unspecified atom stereocenters. The molecule has 1 N–H and O–H groups in total. The molecule has 0 saturated heterocycles. The minimum atomic E-state index is 0.231. The van der Waals surface area contributed by atoms with Crippen molar-refractivity contribution in [3.63, 3.8) is 0 Å². The fourth-order valence-corrected chi connectivity index (χ4v) is 2.40. The molecule has 0 atom stereocenters. The van der Waals surface area contributed by atoms with Crippen molar-refractivity contribution in [2.24, 2.45) is 5.41 Å². The predicted molar refractivity (Wildman–Crippen MR) is 81.7 cm³/mol. The lowest BCUT2D eigenvalue weighted by Crippen LogP contribution is -2.24. The molecule has 0 aromatic heterocycles. The summed E-state index contributed by atoms with van der Waals surface area (Å²) in [6, 6.07) is 5.87. The maximum Gasteiger partial charge on any atom is 0.0624 e. The number of hydrogen-bond donors (Lipinski definition) is 1. The number of halogens is 2. The molecule has 3 heteroatoms. The normalized spacial score (nSPS) is 11.8. The van der Waals surface area contributed by atoms with E-state index in [1.807, 2.05) is 12.1 Å². The number of nitrogens with one attached hydrogen (secondary N) is 1. The van der Waals surface area contributed by atoms with Gasteiger partial charge in [0.05, 0.1) is 10.0 Å². The quantitative estimate of drug-likeness (QED) is 0.700. The molecule has 1 rings (SSSR count). The standard InChI is InChI=1S/C15H23Cl2N/c1-4-9-18-10-8-15(2,3)11-12-6-5-7-13(16)14(12)17/h5-7,18H,4,8-11H2,1-3H3. The zero-order valence-corrected chi connectivity index (χ0v) is 13.0. The zero-order valence-electron chi connectivity index (χ0n) is 11.5. The van der Waals surface area contributed by atoms with Gasteiger partial charge in [-0.05, 0) is 49.4 Å². The molecule has 102 valence electrons. The van der Waals surface area contributed by atoms with Crippen molar-refractivity contribution in [2.45, 2.75) is 40.0 Å². The Labute approximate surface area is 121 Å². The van der Waals surface area contributed by atoms with E-state index in [4.69, 9.17) is 23.2 Å². The van der Waals surface area contributed by atoms with Gasteiger partial charge in [0.2, 0.25) is 0 Å². The molecule has 0 aliphatic carbocycles. The van der Waals surface area contributed by atoms with Crippen LogP contribution in [-0.2, 0) is 6.42 Å². The predicted octanol–water partition coefficient (Wildman–Crippen LogP) is 4.95. The molecule has 1 aromatic carbocycles. The largest absolute Gasteiger partial charge is 0.317 e. The van der Waals surface area contributed by atoms with Crippen LogP contribution >= 0.6 is 23.2 Å². The summed E-state index contributed by atoms with van der Waals surface area (Å²) in [5, 5.41) is 4.79. The summed E-state index contributed by atoms with van der Waals surface area (Å²) < 4.78 is 0. The van der Waals surface area contributed by atoms with Gasteiger partial charge in [-0.2, -0.15) is 0 Å². The highest BCUT2D eigenvalue weighted by atomic mass is 35.5. The number of rotatable bonds is 7. The van der Waals surface area contributed by atoms with E-state index in [1.165, 1.54) is 6.42 Å². The third-order valence-corrected chi connectivity index (χ3v) is 3.96. The van der Waals surface area contributed by atoms with Crippen molar-refractivity contribution in [1.29, 1.82) is 0 Å². The molecule has 0 aliphatic rings. The maximum atomic E-state index is 6.24. The molecule has 0 heterocycles. The second-order valence-electron chi connectivity index (χ2n) is 5.55. The fourth-order valence-electron chi connectivity index (χ4n) is 2.02. The van der Waals surface area contributed by atoms with Crippen LogP contribution in [0.4, 0.5) is 0 Å². The van der Waals surface area contributed by atoms with E-state index in [0.29, 0.717) is 10.0 Å². The number of benzene rings is 1. The molecular weight excluding hydrogens is 265 g/mol. The molecule has 0 amide bonds. The number of hydrogen-bond acceptors (Lipinski definition) is 1. The van der Waals surface area contributed by atoms with Gasteiger partial charge in [-0.1, -0.05) is 56.1 Å². The first-order chi connectivity index (χ1) is 8.46. The molecule has 1 nitrogen and oxygen atoms in total. The Bertz CT molecular complexity index is 375. The monoisotopic (exact) mass is 287 g/mol. The molecule has 0 aliphatic heterocycles. The molecule has 1 aromatic rings. The van der Waals surface area contributed by atoms with Crippen LogP contribution < -0.4 is 5.32 Å². The Morgan fingerprint density at radius 2 is 1.89 bits per heavy atom. The highest BCUT2D eigenvalue weighted by Crippen LogP contribution is 2.32. The molecule has 0 radical (unpaired) electrons. The summed E-state index contributed by atoms with van der Waals surface area (Å²) in [7, 11) is 0.